The van der Waals surface area contributed by atoms with Crippen LogP contribution in [-0.4, -0.2) is 64.5 Å². The van der Waals surface area contributed by atoms with Gasteiger partial charge in [-0.25, -0.2) is 4.79 Å². The molecule has 3 rings (SSSR count). The average molecular weight is 578 g/mol. The average Bonchev–Trinajstić information content (AvgIpc) is 3.41. The Morgan fingerprint density at radius 2 is 1.55 bits per heavy atom. The number of alkyl carbamates (subject to hydrolysis) is 1. The Hall–Kier alpha value is -4.54. The Morgan fingerprint density at radius 1 is 0.881 bits per heavy atom. The number of hydrogen-bond donors (Lipinski definition) is 2. The first-order valence-corrected chi connectivity index (χ1v) is 13.9. The van der Waals surface area contributed by atoms with Gasteiger partial charge >= 0.3 is 6.09 Å². The molecule has 3 amide bonds. The second-order valence-corrected chi connectivity index (χ2v) is 10.9. The minimum Gasteiger partial charge on any atom is -0.445 e. The van der Waals surface area contributed by atoms with Crippen molar-refractivity contribution in [1.82, 2.24) is 25.7 Å². The molecule has 0 bridgehead atoms. The SMILES string of the molecule is Cc1cccc(Cc2nnc(C(=O)[C@@H](NC(=O)CN(C)C(=O)[C@@H](NC(=O)OCc3ccccc3)C(C)C)C(C)C)o2)c1. The lowest BCUT2D eigenvalue weighted by Gasteiger charge is -2.27. The summed E-state index contributed by atoms with van der Waals surface area (Å²) in [7, 11) is 1.45. The maximum absolute atomic E-state index is 13.2. The zero-order chi connectivity index (χ0) is 30.8. The standard InChI is InChI=1S/C31H39N5O6/c1-19(2)26(28(38)29-35-34-25(42-29)16-23-14-10-11-21(5)15-23)32-24(37)17-36(6)30(39)27(20(3)4)33-31(40)41-18-22-12-8-7-9-13-22/h7-15,19-20,26-27H,16-18H2,1-6H3,(H,32,37)(H,33,40)/t26-,27-/m0/s1. The van der Waals surface area contributed by atoms with Crippen LogP contribution in [0, 0.1) is 18.8 Å². The van der Waals surface area contributed by atoms with Crippen molar-refractivity contribution in [2.24, 2.45) is 11.8 Å². The lowest BCUT2D eigenvalue weighted by molar-refractivity contribution is -0.137. The molecule has 224 valence electrons. The van der Waals surface area contributed by atoms with E-state index in [0.29, 0.717) is 6.42 Å². The molecule has 0 aliphatic rings. The fraction of sp³-hybridized carbons (Fsp3) is 0.419. The predicted molar refractivity (Wildman–Crippen MR) is 155 cm³/mol. The fourth-order valence-electron chi connectivity index (χ4n) is 4.24. The van der Waals surface area contributed by atoms with Crippen LogP contribution in [0.3, 0.4) is 0 Å². The van der Waals surface area contributed by atoms with Crippen molar-refractivity contribution in [3.63, 3.8) is 0 Å². The number of carbonyl (C=O) groups excluding carboxylic acids is 4. The van der Waals surface area contributed by atoms with Crippen molar-refractivity contribution in [2.45, 2.75) is 59.7 Å². The molecule has 11 heteroatoms. The molecule has 0 radical (unpaired) electrons. The maximum Gasteiger partial charge on any atom is 0.408 e. The molecule has 0 saturated heterocycles. The van der Waals surface area contributed by atoms with Gasteiger partial charge in [-0.05, 0) is 29.9 Å². The Balaban J connectivity index is 1.57. The maximum atomic E-state index is 13.2. The first kappa shape index (κ1) is 32.0. The molecule has 1 aromatic heterocycles. The second-order valence-electron chi connectivity index (χ2n) is 10.9. The number of aryl methyl sites for hydroxylation is 1. The Morgan fingerprint density at radius 3 is 2.19 bits per heavy atom. The highest BCUT2D eigenvalue weighted by atomic mass is 16.5. The van der Waals surface area contributed by atoms with Gasteiger partial charge in [0.1, 0.15) is 12.6 Å². The third kappa shape index (κ3) is 9.25. The van der Waals surface area contributed by atoms with Gasteiger partial charge < -0.3 is 24.7 Å². The van der Waals surface area contributed by atoms with E-state index in [-0.39, 0.29) is 36.8 Å². The molecule has 0 unspecified atom stereocenters. The quantitative estimate of drug-likeness (QED) is 0.293. The summed E-state index contributed by atoms with van der Waals surface area (Å²) in [5.74, 6) is -2.01. The summed E-state index contributed by atoms with van der Waals surface area (Å²) in [5, 5.41) is 13.2. The molecular formula is C31H39N5O6. The normalized spacial score (nSPS) is 12.5. The lowest BCUT2D eigenvalue weighted by atomic mass is 9.99. The van der Waals surface area contributed by atoms with E-state index in [2.05, 4.69) is 20.8 Å². The minimum atomic E-state index is -0.944. The van der Waals surface area contributed by atoms with E-state index in [0.717, 1.165) is 16.7 Å². The van der Waals surface area contributed by atoms with Gasteiger partial charge in [0, 0.05) is 7.05 Å². The largest absolute Gasteiger partial charge is 0.445 e. The first-order valence-electron chi connectivity index (χ1n) is 13.9. The van der Waals surface area contributed by atoms with Crippen LogP contribution in [0.15, 0.2) is 59.0 Å². The second kappa shape index (κ2) is 14.9. The molecule has 0 fully saturated rings. The van der Waals surface area contributed by atoms with Crippen LogP contribution in [0.1, 0.15) is 61.0 Å². The molecule has 0 saturated carbocycles. The number of ether oxygens (including phenoxy) is 1. The van der Waals surface area contributed by atoms with Crippen LogP contribution >= 0.6 is 0 Å². The van der Waals surface area contributed by atoms with Gasteiger partial charge in [0.25, 0.3) is 5.89 Å². The van der Waals surface area contributed by atoms with Crippen molar-refractivity contribution >= 4 is 23.7 Å². The zero-order valence-electron chi connectivity index (χ0n) is 24.9. The van der Waals surface area contributed by atoms with Gasteiger partial charge in [0.2, 0.25) is 23.5 Å². The highest BCUT2D eigenvalue weighted by molar-refractivity contribution is 5.99. The van der Waals surface area contributed by atoms with Gasteiger partial charge in [0.05, 0.1) is 19.0 Å². The third-order valence-electron chi connectivity index (χ3n) is 6.56. The van der Waals surface area contributed by atoms with Crippen molar-refractivity contribution in [1.29, 1.82) is 0 Å². The van der Waals surface area contributed by atoms with E-state index in [4.69, 9.17) is 9.15 Å². The molecule has 0 aliphatic heterocycles. The molecule has 0 spiro atoms. The van der Waals surface area contributed by atoms with E-state index in [9.17, 15) is 19.2 Å². The predicted octanol–water partition coefficient (Wildman–Crippen LogP) is 3.70. The number of rotatable bonds is 13. The van der Waals surface area contributed by atoms with Crippen LogP contribution in [0.2, 0.25) is 0 Å². The van der Waals surface area contributed by atoms with Gasteiger partial charge in [-0.15, -0.1) is 10.2 Å². The third-order valence-corrected chi connectivity index (χ3v) is 6.56. The highest BCUT2D eigenvalue weighted by Gasteiger charge is 2.32. The topological polar surface area (TPSA) is 144 Å². The van der Waals surface area contributed by atoms with Crippen LogP contribution in [0.5, 0.6) is 0 Å². The Kier molecular flexibility index (Phi) is 11.3. The molecule has 2 aromatic carbocycles. The summed E-state index contributed by atoms with van der Waals surface area (Å²) in [5.41, 5.74) is 2.87. The first-order chi connectivity index (χ1) is 19.9. The highest BCUT2D eigenvalue weighted by Crippen LogP contribution is 2.14. The van der Waals surface area contributed by atoms with E-state index in [1.165, 1.54) is 11.9 Å². The zero-order valence-corrected chi connectivity index (χ0v) is 24.9. The molecular weight excluding hydrogens is 538 g/mol. The number of likely N-dealkylation sites (N-methyl/N-ethyl adjacent to an activating group) is 1. The number of Topliss-reactive ketones (excluding diaryl/α,β-unsaturated/α-hetero) is 1. The van der Waals surface area contributed by atoms with E-state index < -0.39 is 35.8 Å². The van der Waals surface area contributed by atoms with E-state index in [1.807, 2.05) is 61.5 Å². The van der Waals surface area contributed by atoms with Gasteiger partial charge in [-0.1, -0.05) is 87.9 Å². The van der Waals surface area contributed by atoms with Crippen LogP contribution in [0.25, 0.3) is 0 Å². The van der Waals surface area contributed by atoms with E-state index >= 15 is 0 Å². The summed E-state index contributed by atoms with van der Waals surface area (Å²) in [6.45, 7) is 8.82. The number of carbonyl (C=O) groups is 4. The summed E-state index contributed by atoms with van der Waals surface area (Å²) < 4.78 is 10.9. The van der Waals surface area contributed by atoms with Crippen LogP contribution in [0.4, 0.5) is 4.79 Å². The molecule has 11 nitrogen and oxygen atoms in total. The van der Waals surface area contributed by atoms with Gasteiger partial charge in [-0.2, -0.15) is 0 Å². The molecule has 0 aliphatic carbocycles. The Bertz CT molecular complexity index is 1370. The van der Waals surface area contributed by atoms with Crippen molar-refractivity contribution in [3.8, 4) is 0 Å². The summed E-state index contributed by atoms with van der Waals surface area (Å²) >= 11 is 0. The van der Waals surface area contributed by atoms with Crippen molar-refractivity contribution in [2.75, 3.05) is 13.6 Å². The Labute approximate surface area is 246 Å². The molecule has 2 atom stereocenters. The smallest absolute Gasteiger partial charge is 0.408 e. The van der Waals surface area contributed by atoms with Gasteiger partial charge in [0.15, 0.2) is 0 Å². The fourth-order valence-corrected chi connectivity index (χ4v) is 4.24. The summed E-state index contributed by atoms with van der Waals surface area (Å²) in [6, 6.07) is 15.1. The molecule has 42 heavy (non-hydrogen) atoms. The number of amides is 3. The van der Waals surface area contributed by atoms with E-state index in [1.54, 1.807) is 27.7 Å². The summed E-state index contributed by atoms with van der Waals surface area (Å²) in [4.78, 5) is 52.9. The summed E-state index contributed by atoms with van der Waals surface area (Å²) in [6.07, 6.45) is -0.367. The monoisotopic (exact) mass is 577 g/mol. The number of nitrogens with zero attached hydrogens (tertiary/aromatic N) is 3. The number of ketones is 1. The number of nitrogens with one attached hydrogen (secondary N) is 2. The minimum absolute atomic E-state index is 0.0575. The molecule has 1 heterocycles. The van der Waals surface area contributed by atoms with Crippen LogP contribution < -0.4 is 10.6 Å². The molecule has 3 aromatic rings. The van der Waals surface area contributed by atoms with Crippen LogP contribution in [-0.2, 0) is 27.4 Å². The lowest BCUT2D eigenvalue weighted by Crippen LogP contribution is -2.53. The molecule has 2 N–H and O–H groups in total. The van der Waals surface area contributed by atoms with Crippen molar-refractivity contribution in [3.05, 3.63) is 83.1 Å². The van der Waals surface area contributed by atoms with Gasteiger partial charge in [-0.3, -0.25) is 14.4 Å². The number of benzene rings is 2. The number of hydrogen-bond acceptors (Lipinski definition) is 8. The number of aromatic nitrogens is 2. The van der Waals surface area contributed by atoms with Crippen molar-refractivity contribution < 1.29 is 28.3 Å².